The summed E-state index contributed by atoms with van der Waals surface area (Å²) in [5, 5.41) is 6.88. The lowest BCUT2D eigenvalue weighted by atomic mass is 10.2. The van der Waals surface area contributed by atoms with E-state index in [-0.39, 0.29) is 0 Å². The van der Waals surface area contributed by atoms with Crippen molar-refractivity contribution in [1.82, 2.24) is 15.5 Å². The standard InChI is InChI=1S/C8H19N3/c1-11(2)7-8-3-4-9-5-6-10-8/h8-10H,3-7H2,1-2H3. The molecule has 2 N–H and O–H groups in total. The first-order valence-electron chi connectivity index (χ1n) is 4.38. The average Bonchev–Trinajstić information content (AvgIpc) is 2.14. The minimum Gasteiger partial charge on any atom is -0.315 e. The van der Waals surface area contributed by atoms with Gasteiger partial charge in [-0.05, 0) is 27.1 Å². The van der Waals surface area contributed by atoms with Crippen LogP contribution in [0.4, 0.5) is 0 Å². The molecule has 66 valence electrons. The Morgan fingerprint density at radius 3 is 2.82 bits per heavy atom. The van der Waals surface area contributed by atoms with Crippen molar-refractivity contribution < 1.29 is 0 Å². The fraction of sp³-hybridized carbons (Fsp3) is 1.00. The first-order valence-corrected chi connectivity index (χ1v) is 4.38. The molecule has 1 unspecified atom stereocenters. The summed E-state index contributed by atoms with van der Waals surface area (Å²) in [5.41, 5.74) is 0. The molecule has 0 amide bonds. The molecule has 1 heterocycles. The Morgan fingerprint density at radius 1 is 1.27 bits per heavy atom. The second kappa shape index (κ2) is 4.70. The Hall–Kier alpha value is -0.120. The van der Waals surface area contributed by atoms with E-state index in [1.807, 2.05) is 0 Å². The highest BCUT2D eigenvalue weighted by molar-refractivity contribution is 4.74. The molecule has 0 aromatic heterocycles. The Balaban J connectivity index is 2.20. The first kappa shape index (κ1) is 8.97. The normalized spacial score (nSPS) is 27.0. The van der Waals surface area contributed by atoms with Gasteiger partial charge in [-0.25, -0.2) is 0 Å². The number of rotatable bonds is 2. The number of likely N-dealkylation sites (N-methyl/N-ethyl adjacent to an activating group) is 1. The third kappa shape index (κ3) is 3.70. The number of hydrogen-bond acceptors (Lipinski definition) is 3. The molecule has 0 saturated carbocycles. The highest BCUT2D eigenvalue weighted by Gasteiger charge is 2.10. The van der Waals surface area contributed by atoms with E-state index in [2.05, 4.69) is 29.6 Å². The molecular formula is C8H19N3. The van der Waals surface area contributed by atoms with Gasteiger partial charge >= 0.3 is 0 Å². The fourth-order valence-electron chi connectivity index (χ4n) is 1.46. The van der Waals surface area contributed by atoms with Crippen molar-refractivity contribution in [3.05, 3.63) is 0 Å². The molecule has 1 aliphatic heterocycles. The number of hydrogen-bond donors (Lipinski definition) is 2. The molecule has 3 nitrogen and oxygen atoms in total. The maximum Gasteiger partial charge on any atom is 0.0207 e. The van der Waals surface area contributed by atoms with Crippen molar-refractivity contribution in [2.75, 3.05) is 40.3 Å². The molecule has 1 fully saturated rings. The lowest BCUT2D eigenvalue weighted by molar-refractivity contribution is 0.337. The van der Waals surface area contributed by atoms with E-state index in [0.29, 0.717) is 6.04 Å². The lowest BCUT2D eigenvalue weighted by Gasteiger charge is -2.19. The first-order chi connectivity index (χ1) is 5.29. The van der Waals surface area contributed by atoms with Gasteiger partial charge in [0.05, 0.1) is 0 Å². The van der Waals surface area contributed by atoms with Crippen LogP contribution in [0.25, 0.3) is 0 Å². The third-order valence-electron chi connectivity index (χ3n) is 1.99. The van der Waals surface area contributed by atoms with E-state index in [9.17, 15) is 0 Å². The zero-order chi connectivity index (χ0) is 8.10. The van der Waals surface area contributed by atoms with Gasteiger partial charge in [0, 0.05) is 25.7 Å². The topological polar surface area (TPSA) is 27.3 Å². The summed E-state index contributed by atoms with van der Waals surface area (Å²) in [6.07, 6.45) is 1.25. The van der Waals surface area contributed by atoms with Crippen LogP contribution in [0.3, 0.4) is 0 Å². The fourth-order valence-corrected chi connectivity index (χ4v) is 1.46. The Kier molecular flexibility index (Phi) is 3.83. The maximum atomic E-state index is 3.51. The van der Waals surface area contributed by atoms with Crippen LogP contribution in [0.5, 0.6) is 0 Å². The van der Waals surface area contributed by atoms with Crippen LogP contribution in [-0.4, -0.2) is 51.2 Å². The molecule has 0 aromatic carbocycles. The summed E-state index contributed by atoms with van der Waals surface area (Å²) in [5.74, 6) is 0. The lowest BCUT2D eigenvalue weighted by Crippen LogP contribution is -2.38. The van der Waals surface area contributed by atoms with Gasteiger partial charge in [0.1, 0.15) is 0 Å². The Bertz CT molecular complexity index is 95.5. The molecule has 0 aromatic rings. The highest BCUT2D eigenvalue weighted by Crippen LogP contribution is 1.94. The van der Waals surface area contributed by atoms with Crippen molar-refractivity contribution in [3.63, 3.8) is 0 Å². The smallest absolute Gasteiger partial charge is 0.0207 e. The van der Waals surface area contributed by atoms with Crippen LogP contribution in [0, 0.1) is 0 Å². The zero-order valence-electron chi connectivity index (χ0n) is 7.56. The molecule has 1 atom stereocenters. The summed E-state index contributed by atoms with van der Waals surface area (Å²) in [4.78, 5) is 2.24. The molecule has 0 aliphatic carbocycles. The zero-order valence-corrected chi connectivity index (χ0v) is 7.56. The molecule has 11 heavy (non-hydrogen) atoms. The van der Waals surface area contributed by atoms with E-state index in [1.54, 1.807) is 0 Å². The van der Waals surface area contributed by atoms with Crippen molar-refractivity contribution >= 4 is 0 Å². The minimum absolute atomic E-state index is 0.681. The van der Waals surface area contributed by atoms with Gasteiger partial charge in [-0.15, -0.1) is 0 Å². The van der Waals surface area contributed by atoms with Gasteiger partial charge in [0.25, 0.3) is 0 Å². The highest BCUT2D eigenvalue weighted by atomic mass is 15.1. The summed E-state index contributed by atoms with van der Waals surface area (Å²) in [6.45, 7) is 4.54. The third-order valence-corrected chi connectivity index (χ3v) is 1.99. The number of nitrogens with zero attached hydrogens (tertiary/aromatic N) is 1. The summed E-state index contributed by atoms with van der Waals surface area (Å²) < 4.78 is 0. The van der Waals surface area contributed by atoms with E-state index < -0.39 is 0 Å². The van der Waals surface area contributed by atoms with Crippen LogP contribution in [0.2, 0.25) is 0 Å². The molecule has 1 rings (SSSR count). The minimum atomic E-state index is 0.681. The van der Waals surface area contributed by atoms with Gasteiger partial charge in [0.2, 0.25) is 0 Å². The average molecular weight is 157 g/mol. The van der Waals surface area contributed by atoms with Crippen molar-refractivity contribution in [2.45, 2.75) is 12.5 Å². The van der Waals surface area contributed by atoms with Gasteiger partial charge in [-0.3, -0.25) is 0 Å². The van der Waals surface area contributed by atoms with E-state index >= 15 is 0 Å². The second-order valence-corrected chi connectivity index (χ2v) is 3.45. The van der Waals surface area contributed by atoms with E-state index in [4.69, 9.17) is 0 Å². The monoisotopic (exact) mass is 157 g/mol. The molecular weight excluding hydrogens is 138 g/mol. The second-order valence-electron chi connectivity index (χ2n) is 3.45. The Morgan fingerprint density at radius 2 is 2.09 bits per heavy atom. The summed E-state index contributed by atoms with van der Waals surface area (Å²) in [6, 6.07) is 0.681. The Labute approximate surface area is 69.1 Å². The van der Waals surface area contributed by atoms with Gasteiger partial charge in [-0.2, -0.15) is 0 Å². The molecule has 0 radical (unpaired) electrons. The maximum absolute atomic E-state index is 3.51. The van der Waals surface area contributed by atoms with Gasteiger partial charge in [0.15, 0.2) is 0 Å². The van der Waals surface area contributed by atoms with E-state index in [0.717, 1.165) is 26.2 Å². The predicted molar refractivity (Wildman–Crippen MR) is 47.8 cm³/mol. The van der Waals surface area contributed by atoms with Crippen LogP contribution >= 0.6 is 0 Å². The van der Waals surface area contributed by atoms with Crippen molar-refractivity contribution in [2.24, 2.45) is 0 Å². The predicted octanol–water partition coefficient (Wildman–Crippen LogP) is -0.500. The van der Waals surface area contributed by atoms with Crippen molar-refractivity contribution in [3.8, 4) is 0 Å². The van der Waals surface area contributed by atoms with Crippen molar-refractivity contribution in [1.29, 1.82) is 0 Å². The largest absolute Gasteiger partial charge is 0.315 e. The summed E-state index contributed by atoms with van der Waals surface area (Å²) in [7, 11) is 4.25. The molecule has 1 saturated heterocycles. The molecule has 0 spiro atoms. The van der Waals surface area contributed by atoms with E-state index in [1.165, 1.54) is 6.42 Å². The molecule has 1 aliphatic rings. The molecule has 3 heteroatoms. The van der Waals surface area contributed by atoms with Gasteiger partial charge < -0.3 is 15.5 Å². The SMILES string of the molecule is CN(C)CC1CCNCCN1. The molecule has 0 bridgehead atoms. The van der Waals surface area contributed by atoms with Crippen LogP contribution in [-0.2, 0) is 0 Å². The quantitative estimate of drug-likeness (QED) is 0.566. The van der Waals surface area contributed by atoms with Crippen LogP contribution < -0.4 is 10.6 Å². The number of nitrogens with one attached hydrogen (secondary N) is 2. The van der Waals surface area contributed by atoms with Crippen LogP contribution in [0.1, 0.15) is 6.42 Å². The summed E-state index contributed by atoms with van der Waals surface area (Å²) >= 11 is 0. The van der Waals surface area contributed by atoms with Gasteiger partial charge in [-0.1, -0.05) is 0 Å². The van der Waals surface area contributed by atoms with Crippen LogP contribution in [0.15, 0.2) is 0 Å².